The average molecular weight is 252 g/mol. The predicted molar refractivity (Wildman–Crippen MR) is 65.1 cm³/mol. The first-order valence-corrected chi connectivity index (χ1v) is 6.71. The van der Waals surface area contributed by atoms with Crippen LogP contribution in [-0.4, -0.2) is 67.4 Å². The van der Waals surface area contributed by atoms with Crippen molar-refractivity contribution in [1.82, 2.24) is 9.80 Å². The number of rotatable bonds is 3. The van der Waals surface area contributed by atoms with Gasteiger partial charge in [-0.25, -0.2) is 0 Å². The van der Waals surface area contributed by atoms with E-state index in [0.717, 1.165) is 39.3 Å². The minimum atomic E-state index is -0.285. The summed E-state index contributed by atoms with van der Waals surface area (Å²) in [6.45, 7) is 7.46. The van der Waals surface area contributed by atoms with Gasteiger partial charge in [0.05, 0.1) is 12.0 Å². The number of ether oxygens (including phenoxy) is 1. The van der Waals surface area contributed by atoms with Crippen molar-refractivity contribution in [2.75, 3.05) is 45.9 Å². The van der Waals surface area contributed by atoms with Gasteiger partial charge in [-0.15, -0.1) is 0 Å². The highest BCUT2D eigenvalue weighted by atomic mass is 16.5. The zero-order chi connectivity index (χ0) is 12.8. The molecule has 0 saturated carbocycles. The lowest BCUT2D eigenvalue weighted by Gasteiger charge is -2.48. The summed E-state index contributed by atoms with van der Waals surface area (Å²) >= 11 is 0. The molecule has 4 saturated heterocycles. The van der Waals surface area contributed by atoms with Crippen LogP contribution in [0.4, 0.5) is 0 Å². The maximum Gasteiger partial charge on any atom is 0.302 e. The second-order valence-electron chi connectivity index (χ2n) is 5.90. The van der Waals surface area contributed by atoms with Crippen molar-refractivity contribution in [2.45, 2.75) is 13.3 Å². The summed E-state index contributed by atoms with van der Waals surface area (Å²) in [7, 11) is 0. The number of fused-ring (bicyclic) bond motifs is 1. The summed E-state index contributed by atoms with van der Waals surface area (Å²) < 4.78 is 5.04. The van der Waals surface area contributed by atoms with Gasteiger partial charge in [-0.2, -0.15) is 0 Å². The van der Waals surface area contributed by atoms with Gasteiger partial charge in [0, 0.05) is 52.1 Å². The summed E-state index contributed by atoms with van der Waals surface area (Å²) in [4.78, 5) is 28.2. The van der Waals surface area contributed by atoms with Crippen molar-refractivity contribution in [3.8, 4) is 0 Å². The van der Waals surface area contributed by atoms with Crippen molar-refractivity contribution in [1.29, 1.82) is 0 Å². The van der Waals surface area contributed by atoms with E-state index in [2.05, 4.69) is 9.80 Å². The molecule has 0 amide bonds. The van der Waals surface area contributed by atoms with E-state index in [4.69, 9.17) is 4.74 Å². The topological polar surface area (TPSA) is 49.9 Å². The Morgan fingerprint density at radius 3 is 2.50 bits per heavy atom. The molecule has 0 aromatic heterocycles. The van der Waals surface area contributed by atoms with Gasteiger partial charge in [-0.3, -0.25) is 9.59 Å². The molecule has 4 aliphatic heterocycles. The van der Waals surface area contributed by atoms with E-state index in [1.54, 1.807) is 0 Å². The molecule has 5 nitrogen and oxygen atoms in total. The molecule has 0 aromatic rings. The molecule has 4 heterocycles. The third-order valence-electron chi connectivity index (χ3n) is 4.52. The fourth-order valence-corrected chi connectivity index (χ4v) is 3.77. The van der Waals surface area contributed by atoms with Gasteiger partial charge in [-0.1, -0.05) is 0 Å². The van der Waals surface area contributed by atoms with E-state index in [0.29, 0.717) is 18.8 Å². The average Bonchev–Trinajstić information content (AvgIpc) is 2.53. The Balaban J connectivity index is 1.76. The molecule has 5 heteroatoms. The molecule has 0 aromatic carbocycles. The molecular formula is C13H20N2O3. The first kappa shape index (κ1) is 12.1. The lowest BCUT2D eigenvalue weighted by atomic mass is 9.69. The quantitative estimate of drug-likeness (QED) is 0.649. The number of carbonyl (C=O) groups excluding carboxylic acids is 2. The van der Waals surface area contributed by atoms with Crippen molar-refractivity contribution in [3.05, 3.63) is 0 Å². The van der Waals surface area contributed by atoms with Crippen molar-refractivity contribution >= 4 is 11.8 Å². The smallest absolute Gasteiger partial charge is 0.302 e. The lowest BCUT2D eigenvalue weighted by Crippen LogP contribution is -2.61. The van der Waals surface area contributed by atoms with E-state index in [1.165, 1.54) is 6.92 Å². The zero-order valence-corrected chi connectivity index (χ0v) is 10.9. The van der Waals surface area contributed by atoms with E-state index in [1.807, 2.05) is 0 Å². The van der Waals surface area contributed by atoms with Crippen LogP contribution in [0.3, 0.4) is 0 Å². The Morgan fingerprint density at radius 1 is 1.33 bits per heavy atom. The fraction of sp³-hybridized carbons (Fsp3) is 0.846. The van der Waals surface area contributed by atoms with Crippen LogP contribution in [0.15, 0.2) is 0 Å². The largest absolute Gasteiger partial charge is 0.466 e. The second-order valence-corrected chi connectivity index (χ2v) is 5.90. The normalized spacial score (nSPS) is 41.8. The molecule has 0 N–H and O–H groups in total. The van der Waals surface area contributed by atoms with Crippen LogP contribution in [0.1, 0.15) is 13.3 Å². The van der Waals surface area contributed by atoms with E-state index >= 15 is 0 Å². The molecule has 18 heavy (non-hydrogen) atoms. The first-order valence-electron chi connectivity index (χ1n) is 6.71. The summed E-state index contributed by atoms with van der Waals surface area (Å²) in [5.41, 5.74) is -0.285. The van der Waals surface area contributed by atoms with Crippen LogP contribution >= 0.6 is 0 Å². The van der Waals surface area contributed by atoms with Crippen molar-refractivity contribution in [3.63, 3.8) is 0 Å². The third-order valence-corrected chi connectivity index (χ3v) is 4.52. The van der Waals surface area contributed by atoms with Gasteiger partial charge in [0.1, 0.15) is 5.78 Å². The molecule has 2 atom stereocenters. The number of esters is 1. The van der Waals surface area contributed by atoms with Crippen molar-refractivity contribution < 1.29 is 14.3 Å². The van der Waals surface area contributed by atoms with Crippen LogP contribution < -0.4 is 0 Å². The van der Waals surface area contributed by atoms with Crippen LogP contribution in [0.5, 0.6) is 0 Å². The highest BCUT2D eigenvalue weighted by Crippen LogP contribution is 2.40. The van der Waals surface area contributed by atoms with Gasteiger partial charge in [-0.05, 0) is 6.42 Å². The Morgan fingerprint density at radius 2 is 1.94 bits per heavy atom. The molecule has 4 aliphatic rings. The Bertz CT molecular complexity index is 366. The van der Waals surface area contributed by atoms with Crippen LogP contribution in [0.2, 0.25) is 0 Å². The number of hydrogen-bond donors (Lipinski definition) is 0. The maximum atomic E-state index is 12.5. The summed E-state index contributed by atoms with van der Waals surface area (Å²) in [5.74, 6) is 0.321. The van der Waals surface area contributed by atoms with E-state index in [-0.39, 0.29) is 17.3 Å². The summed E-state index contributed by atoms with van der Waals surface area (Å²) in [6, 6.07) is 0. The molecule has 0 radical (unpaired) electrons. The molecule has 2 unspecified atom stereocenters. The monoisotopic (exact) mass is 252 g/mol. The van der Waals surface area contributed by atoms with E-state index < -0.39 is 0 Å². The van der Waals surface area contributed by atoms with Gasteiger partial charge in [0.2, 0.25) is 0 Å². The Labute approximate surface area is 107 Å². The predicted octanol–water partition coefficient (Wildman–Crippen LogP) is -0.244. The third kappa shape index (κ3) is 1.95. The standard InChI is InChI=1S/C13H20N2O3/c1-10(16)18-5-2-13-8-14-3-4-15(9-13)7-11(6-14)12(13)17/h11H,2-9H2,1H3. The van der Waals surface area contributed by atoms with Gasteiger partial charge in [0.25, 0.3) is 0 Å². The SMILES string of the molecule is CC(=O)OCCC12CN3CCN(CC(C3)C1=O)C2. The molecular weight excluding hydrogens is 232 g/mol. The molecule has 0 spiro atoms. The lowest BCUT2D eigenvalue weighted by molar-refractivity contribution is -0.150. The van der Waals surface area contributed by atoms with Gasteiger partial charge < -0.3 is 14.5 Å². The summed E-state index contributed by atoms with van der Waals surface area (Å²) in [6.07, 6.45) is 0.676. The number of hydrogen-bond acceptors (Lipinski definition) is 5. The van der Waals surface area contributed by atoms with Gasteiger partial charge >= 0.3 is 5.97 Å². The number of Topliss-reactive ketones (excluding diaryl/α,β-unsaturated/α-hetero) is 1. The first-order chi connectivity index (χ1) is 8.59. The number of piperidine rings is 2. The van der Waals surface area contributed by atoms with Crippen LogP contribution in [0, 0.1) is 11.3 Å². The maximum absolute atomic E-state index is 12.5. The fourth-order valence-electron chi connectivity index (χ4n) is 3.77. The summed E-state index contributed by atoms with van der Waals surface area (Å²) in [5, 5.41) is 0. The minimum Gasteiger partial charge on any atom is -0.466 e. The Kier molecular flexibility index (Phi) is 2.90. The molecule has 4 fully saturated rings. The van der Waals surface area contributed by atoms with E-state index in [9.17, 15) is 9.59 Å². The molecule has 100 valence electrons. The van der Waals surface area contributed by atoms with Crippen LogP contribution in [0.25, 0.3) is 0 Å². The number of ketones is 1. The number of nitrogens with zero attached hydrogens (tertiary/aromatic N) is 2. The molecule has 4 bridgehead atoms. The van der Waals surface area contributed by atoms with Crippen LogP contribution in [-0.2, 0) is 14.3 Å². The number of carbonyl (C=O) groups is 2. The molecule has 4 rings (SSSR count). The van der Waals surface area contributed by atoms with Gasteiger partial charge in [0.15, 0.2) is 0 Å². The van der Waals surface area contributed by atoms with Crippen molar-refractivity contribution in [2.24, 2.45) is 11.3 Å². The highest BCUT2D eigenvalue weighted by molar-refractivity contribution is 5.89. The zero-order valence-electron chi connectivity index (χ0n) is 10.9. The Hall–Kier alpha value is -0.940. The minimum absolute atomic E-state index is 0.173. The molecule has 0 aliphatic carbocycles. The second kappa shape index (κ2) is 4.31. The highest BCUT2D eigenvalue weighted by Gasteiger charge is 2.53.